The topological polar surface area (TPSA) is 25.8 Å². The molecule has 0 radical (unpaired) electrons. The van der Waals surface area contributed by atoms with Gasteiger partial charge >= 0.3 is 0 Å². The van der Waals surface area contributed by atoms with Gasteiger partial charge in [0.15, 0.2) is 0 Å². The molecular weight excluding hydrogens is 112 g/mol. The monoisotopic (exact) mass is 118 g/mol. The molecule has 0 saturated heterocycles. The molecule has 0 bridgehead atoms. The molecule has 2 heteroatoms. The number of rotatable bonds is 0. The van der Waals surface area contributed by atoms with E-state index >= 15 is 0 Å². The third-order valence-corrected chi connectivity index (χ3v) is 0.835. The van der Waals surface area contributed by atoms with Crippen molar-refractivity contribution in [3.63, 3.8) is 0 Å². The fraction of sp³-hybridized carbons (Fsp3) is 0.143. The van der Waals surface area contributed by atoms with Crippen molar-refractivity contribution >= 4 is 0 Å². The van der Waals surface area contributed by atoms with Crippen LogP contribution in [0.15, 0.2) is 18.6 Å². The number of nitrogens with zero attached hydrogens (tertiary/aromatic N) is 2. The minimum absolute atomic E-state index is 0.771. The van der Waals surface area contributed by atoms with Crippen molar-refractivity contribution in [1.29, 1.82) is 0 Å². The highest BCUT2D eigenvalue weighted by Crippen LogP contribution is 1.84. The minimum Gasteiger partial charge on any atom is -0.245 e. The zero-order valence-electron chi connectivity index (χ0n) is 5.13. The Hall–Kier alpha value is -1.36. The first kappa shape index (κ1) is 5.77. The van der Waals surface area contributed by atoms with Crippen LogP contribution >= 0.6 is 0 Å². The van der Waals surface area contributed by atoms with Crippen LogP contribution in [0.4, 0.5) is 0 Å². The van der Waals surface area contributed by atoms with Gasteiger partial charge in [0, 0.05) is 6.20 Å². The highest BCUT2D eigenvalue weighted by Gasteiger charge is 1.80. The van der Waals surface area contributed by atoms with Crippen molar-refractivity contribution in [3.8, 4) is 11.8 Å². The predicted octanol–water partition coefficient (Wildman–Crippen LogP) is 0.848. The second-order valence-corrected chi connectivity index (χ2v) is 1.47. The van der Waals surface area contributed by atoms with Crippen LogP contribution in [0, 0.1) is 11.8 Å². The van der Waals surface area contributed by atoms with Gasteiger partial charge in [-0.2, -0.15) is 0 Å². The standard InChI is InChI=1S/C7H6N2/c1-2-3-7-4-5-8-6-9-7/h4-6H,1H3. The van der Waals surface area contributed by atoms with Crippen molar-refractivity contribution in [3.05, 3.63) is 24.3 Å². The lowest BCUT2D eigenvalue weighted by molar-refractivity contribution is 1.15. The lowest BCUT2D eigenvalue weighted by Gasteiger charge is -1.82. The molecule has 0 aliphatic rings. The Labute approximate surface area is 54.0 Å². The number of hydrogen-bond donors (Lipinski definition) is 0. The lowest BCUT2D eigenvalue weighted by Crippen LogP contribution is -1.80. The first-order valence-electron chi connectivity index (χ1n) is 2.62. The molecule has 0 unspecified atom stereocenters. The second-order valence-electron chi connectivity index (χ2n) is 1.47. The van der Waals surface area contributed by atoms with Crippen molar-refractivity contribution in [2.24, 2.45) is 0 Å². The van der Waals surface area contributed by atoms with E-state index < -0.39 is 0 Å². The summed E-state index contributed by atoms with van der Waals surface area (Å²) in [6.45, 7) is 1.78. The maximum absolute atomic E-state index is 3.88. The summed E-state index contributed by atoms with van der Waals surface area (Å²) in [5.74, 6) is 5.55. The molecule has 44 valence electrons. The smallest absolute Gasteiger partial charge is 0.116 e. The van der Waals surface area contributed by atoms with E-state index in [0.717, 1.165) is 5.69 Å². The Morgan fingerprint density at radius 3 is 3.00 bits per heavy atom. The summed E-state index contributed by atoms with van der Waals surface area (Å²) >= 11 is 0. The third kappa shape index (κ3) is 1.54. The molecule has 0 amide bonds. The van der Waals surface area contributed by atoms with Crippen molar-refractivity contribution in [2.45, 2.75) is 6.92 Å². The fourth-order valence-electron chi connectivity index (χ4n) is 0.493. The van der Waals surface area contributed by atoms with E-state index in [4.69, 9.17) is 0 Å². The van der Waals surface area contributed by atoms with Crippen molar-refractivity contribution in [1.82, 2.24) is 9.97 Å². The maximum Gasteiger partial charge on any atom is 0.116 e. The molecule has 2 nitrogen and oxygen atoms in total. The maximum atomic E-state index is 3.88. The van der Waals surface area contributed by atoms with Gasteiger partial charge < -0.3 is 0 Å². The molecule has 1 heterocycles. The van der Waals surface area contributed by atoms with Crippen molar-refractivity contribution in [2.75, 3.05) is 0 Å². The molecule has 0 saturated carbocycles. The van der Waals surface area contributed by atoms with E-state index in [1.807, 2.05) is 0 Å². The average molecular weight is 118 g/mol. The van der Waals surface area contributed by atoms with Gasteiger partial charge in [-0.05, 0) is 18.9 Å². The Bertz CT molecular complexity index is 230. The zero-order chi connectivity index (χ0) is 6.53. The molecule has 0 fully saturated rings. The van der Waals surface area contributed by atoms with Gasteiger partial charge in [0.05, 0.1) is 0 Å². The van der Waals surface area contributed by atoms with E-state index in [2.05, 4.69) is 21.8 Å². The predicted molar refractivity (Wildman–Crippen MR) is 34.6 cm³/mol. The zero-order valence-corrected chi connectivity index (χ0v) is 5.13. The molecule has 0 aliphatic heterocycles. The molecule has 1 aromatic rings. The minimum atomic E-state index is 0.771. The van der Waals surface area contributed by atoms with E-state index in [1.54, 1.807) is 19.2 Å². The summed E-state index contributed by atoms with van der Waals surface area (Å²) in [4.78, 5) is 7.63. The van der Waals surface area contributed by atoms with E-state index in [9.17, 15) is 0 Å². The van der Waals surface area contributed by atoms with Crippen LogP contribution in [0.3, 0.4) is 0 Å². The molecule has 9 heavy (non-hydrogen) atoms. The summed E-state index contributed by atoms with van der Waals surface area (Å²) in [5.41, 5.74) is 0.771. The first-order valence-corrected chi connectivity index (χ1v) is 2.62. The van der Waals surface area contributed by atoms with Crippen LogP contribution in [-0.2, 0) is 0 Å². The van der Waals surface area contributed by atoms with Crippen LogP contribution in [0.2, 0.25) is 0 Å². The van der Waals surface area contributed by atoms with Crippen LogP contribution in [-0.4, -0.2) is 9.97 Å². The number of hydrogen-bond acceptors (Lipinski definition) is 2. The van der Waals surface area contributed by atoms with Gasteiger partial charge in [-0.15, -0.1) is 0 Å². The van der Waals surface area contributed by atoms with E-state index in [-0.39, 0.29) is 0 Å². The van der Waals surface area contributed by atoms with Crippen LogP contribution in [0.25, 0.3) is 0 Å². The molecule has 1 rings (SSSR count). The lowest BCUT2D eigenvalue weighted by atomic mass is 10.4. The summed E-state index contributed by atoms with van der Waals surface area (Å²) < 4.78 is 0. The molecule has 0 aliphatic carbocycles. The summed E-state index contributed by atoms with van der Waals surface area (Å²) in [6, 6.07) is 1.77. The van der Waals surface area contributed by atoms with Crippen LogP contribution in [0.5, 0.6) is 0 Å². The molecule has 0 N–H and O–H groups in total. The van der Waals surface area contributed by atoms with E-state index in [1.165, 1.54) is 6.33 Å². The molecule has 0 spiro atoms. The average Bonchev–Trinajstić information content (AvgIpc) is 1.91. The Morgan fingerprint density at radius 1 is 1.56 bits per heavy atom. The highest BCUT2D eigenvalue weighted by atomic mass is 14.8. The van der Waals surface area contributed by atoms with E-state index in [0.29, 0.717) is 0 Å². The quantitative estimate of drug-likeness (QED) is 0.472. The summed E-state index contributed by atoms with van der Waals surface area (Å²) in [6.07, 6.45) is 3.16. The highest BCUT2D eigenvalue weighted by molar-refractivity contribution is 5.24. The van der Waals surface area contributed by atoms with Gasteiger partial charge in [0.25, 0.3) is 0 Å². The van der Waals surface area contributed by atoms with Gasteiger partial charge in [-0.1, -0.05) is 5.92 Å². The largest absolute Gasteiger partial charge is 0.245 e. The third-order valence-electron chi connectivity index (χ3n) is 0.835. The van der Waals surface area contributed by atoms with Gasteiger partial charge in [-0.25, -0.2) is 9.97 Å². The fourth-order valence-corrected chi connectivity index (χ4v) is 0.493. The Kier molecular flexibility index (Phi) is 1.81. The second kappa shape index (κ2) is 2.83. The molecule has 1 aromatic heterocycles. The van der Waals surface area contributed by atoms with Gasteiger partial charge in [0.1, 0.15) is 12.0 Å². The summed E-state index contributed by atoms with van der Waals surface area (Å²) in [7, 11) is 0. The normalized spacial score (nSPS) is 7.67. The van der Waals surface area contributed by atoms with Crippen LogP contribution < -0.4 is 0 Å². The molecule has 0 aromatic carbocycles. The van der Waals surface area contributed by atoms with Crippen LogP contribution in [0.1, 0.15) is 12.6 Å². The van der Waals surface area contributed by atoms with Crippen molar-refractivity contribution < 1.29 is 0 Å². The molecule has 0 atom stereocenters. The first-order chi connectivity index (χ1) is 4.43. The Morgan fingerprint density at radius 2 is 2.44 bits per heavy atom. The number of aromatic nitrogens is 2. The SMILES string of the molecule is CC#Cc1ccncn1. The van der Waals surface area contributed by atoms with Gasteiger partial charge in [-0.3, -0.25) is 0 Å². The Balaban J connectivity index is 2.94. The molecular formula is C7H6N2. The van der Waals surface area contributed by atoms with Gasteiger partial charge in [0.2, 0.25) is 0 Å². The summed E-state index contributed by atoms with van der Waals surface area (Å²) in [5, 5.41) is 0.